The molecule has 2 rings (SSSR count). The van der Waals surface area contributed by atoms with Crippen molar-refractivity contribution < 1.29 is 0 Å². The van der Waals surface area contributed by atoms with E-state index in [-0.39, 0.29) is 0 Å². The topological polar surface area (TPSA) is 6.48 Å². The lowest BCUT2D eigenvalue weighted by Crippen LogP contribution is -2.58. The number of hydrogen-bond acceptors (Lipinski definition) is 3. The molecular weight excluding hydrogens is 228 g/mol. The van der Waals surface area contributed by atoms with Gasteiger partial charge in [-0.2, -0.15) is 0 Å². The molecule has 2 aliphatic rings. The molecule has 0 aromatic carbocycles. The van der Waals surface area contributed by atoms with Crippen LogP contribution in [0, 0.1) is 12.3 Å². The van der Waals surface area contributed by atoms with Gasteiger partial charge in [0, 0.05) is 37.5 Å². The van der Waals surface area contributed by atoms with Crippen molar-refractivity contribution in [3.8, 4) is 12.3 Å². The maximum atomic E-state index is 5.27. The molecular formula is C14H24N2S. The number of piperazine rings is 1. The van der Waals surface area contributed by atoms with Crippen molar-refractivity contribution >= 4 is 11.8 Å². The van der Waals surface area contributed by atoms with E-state index in [1.807, 2.05) is 11.8 Å². The molecule has 0 aromatic rings. The van der Waals surface area contributed by atoms with Gasteiger partial charge in [0.25, 0.3) is 0 Å². The zero-order valence-electron chi connectivity index (χ0n) is 10.9. The van der Waals surface area contributed by atoms with Crippen LogP contribution in [0.4, 0.5) is 0 Å². The van der Waals surface area contributed by atoms with Crippen molar-refractivity contribution in [2.45, 2.75) is 38.3 Å². The van der Waals surface area contributed by atoms with Crippen molar-refractivity contribution in [3.05, 3.63) is 0 Å². The summed E-state index contributed by atoms with van der Waals surface area (Å²) in [6.07, 6.45) is 9.50. The van der Waals surface area contributed by atoms with E-state index < -0.39 is 0 Å². The number of terminal acetylenes is 1. The van der Waals surface area contributed by atoms with Gasteiger partial charge in [-0.05, 0) is 26.3 Å². The van der Waals surface area contributed by atoms with Gasteiger partial charge in [0.1, 0.15) is 0 Å². The Labute approximate surface area is 110 Å². The Kier molecular flexibility index (Phi) is 5.21. The summed E-state index contributed by atoms with van der Waals surface area (Å²) in [5, 5.41) is 0. The number of nitrogens with zero attached hydrogens (tertiary/aromatic N) is 2. The predicted octanol–water partition coefficient (Wildman–Crippen LogP) is 1.91. The Bertz CT molecular complexity index is 274. The first-order chi connectivity index (χ1) is 8.31. The molecule has 0 amide bonds. The van der Waals surface area contributed by atoms with Gasteiger partial charge in [0.2, 0.25) is 0 Å². The van der Waals surface area contributed by atoms with Crippen molar-refractivity contribution in [2.75, 3.05) is 37.7 Å². The summed E-state index contributed by atoms with van der Waals surface area (Å²) in [6.45, 7) is 7.45. The van der Waals surface area contributed by atoms with Gasteiger partial charge in [0.15, 0.2) is 0 Å². The minimum Gasteiger partial charge on any atom is -0.298 e. The average molecular weight is 252 g/mol. The third kappa shape index (κ3) is 3.64. The maximum absolute atomic E-state index is 5.27. The van der Waals surface area contributed by atoms with Crippen LogP contribution in [0.5, 0.6) is 0 Å². The van der Waals surface area contributed by atoms with Gasteiger partial charge >= 0.3 is 0 Å². The molecule has 0 N–H and O–H groups in total. The Balaban J connectivity index is 1.76. The van der Waals surface area contributed by atoms with Crippen LogP contribution in [-0.4, -0.2) is 59.6 Å². The number of fused-ring (bicyclic) bond motifs is 1. The van der Waals surface area contributed by atoms with Crippen molar-refractivity contribution in [1.82, 2.24) is 9.80 Å². The van der Waals surface area contributed by atoms with Gasteiger partial charge < -0.3 is 0 Å². The predicted molar refractivity (Wildman–Crippen MR) is 76.4 cm³/mol. The molecule has 2 atom stereocenters. The fourth-order valence-electron chi connectivity index (χ4n) is 3.04. The first-order valence-electron chi connectivity index (χ1n) is 6.80. The summed E-state index contributed by atoms with van der Waals surface area (Å²) in [5.74, 6) is 4.74. The molecule has 2 saturated heterocycles. The second-order valence-electron chi connectivity index (χ2n) is 5.25. The lowest BCUT2D eigenvalue weighted by atomic mass is 9.97. The molecule has 2 heterocycles. The van der Waals surface area contributed by atoms with E-state index >= 15 is 0 Å². The van der Waals surface area contributed by atoms with E-state index in [1.165, 1.54) is 51.2 Å². The normalized spacial score (nSPS) is 30.8. The van der Waals surface area contributed by atoms with E-state index in [2.05, 4.69) is 22.6 Å². The SMILES string of the molecule is C#CCSCCN1CC2CCCCN2CC1C. The van der Waals surface area contributed by atoms with Crippen LogP contribution >= 0.6 is 11.8 Å². The standard InChI is InChI=1S/C14H24N2S/c1-3-9-17-10-8-15-12-14-6-4-5-7-16(14)11-13(15)2/h1,13-14H,4-12H2,2H3. The van der Waals surface area contributed by atoms with Crippen molar-refractivity contribution in [2.24, 2.45) is 0 Å². The first-order valence-corrected chi connectivity index (χ1v) is 7.96. The monoisotopic (exact) mass is 252 g/mol. The fourth-order valence-corrected chi connectivity index (χ4v) is 3.66. The Morgan fingerprint density at radius 2 is 2.24 bits per heavy atom. The molecule has 0 bridgehead atoms. The molecule has 0 aromatic heterocycles. The first kappa shape index (κ1) is 13.3. The zero-order valence-corrected chi connectivity index (χ0v) is 11.7. The van der Waals surface area contributed by atoms with Gasteiger partial charge in [-0.3, -0.25) is 9.80 Å². The molecule has 2 nitrogen and oxygen atoms in total. The minimum atomic E-state index is 0.718. The molecule has 0 saturated carbocycles. The molecule has 0 spiro atoms. The second-order valence-corrected chi connectivity index (χ2v) is 6.35. The Morgan fingerprint density at radius 3 is 3.06 bits per heavy atom. The minimum absolute atomic E-state index is 0.718. The van der Waals surface area contributed by atoms with E-state index in [0.717, 1.165) is 17.8 Å². The van der Waals surface area contributed by atoms with E-state index in [1.54, 1.807) is 0 Å². The van der Waals surface area contributed by atoms with E-state index in [4.69, 9.17) is 6.42 Å². The molecule has 3 heteroatoms. The highest BCUT2D eigenvalue weighted by Gasteiger charge is 2.32. The zero-order chi connectivity index (χ0) is 12.1. The van der Waals surface area contributed by atoms with Gasteiger partial charge in [-0.25, -0.2) is 0 Å². The van der Waals surface area contributed by atoms with Crippen LogP contribution in [0.3, 0.4) is 0 Å². The highest BCUT2D eigenvalue weighted by atomic mass is 32.2. The second kappa shape index (κ2) is 6.68. The van der Waals surface area contributed by atoms with Gasteiger partial charge in [0.05, 0.1) is 5.75 Å². The van der Waals surface area contributed by atoms with Crippen LogP contribution in [0.25, 0.3) is 0 Å². The van der Waals surface area contributed by atoms with Crippen molar-refractivity contribution in [1.29, 1.82) is 0 Å². The third-order valence-electron chi connectivity index (χ3n) is 4.02. The van der Waals surface area contributed by atoms with Crippen LogP contribution < -0.4 is 0 Å². The average Bonchev–Trinajstić information content (AvgIpc) is 2.35. The molecule has 2 aliphatic heterocycles. The molecule has 0 aliphatic carbocycles. The summed E-state index contributed by atoms with van der Waals surface area (Å²) < 4.78 is 0. The quantitative estimate of drug-likeness (QED) is 0.557. The summed E-state index contributed by atoms with van der Waals surface area (Å²) >= 11 is 1.89. The van der Waals surface area contributed by atoms with E-state index in [9.17, 15) is 0 Å². The summed E-state index contributed by atoms with van der Waals surface area (Å²) in [6, 6.07) is 1.55. The maximum Gasteiger partial charge on any atom is 0.0545 e. The van der Waals surface area contributed by atoms with Crippen LogP contribution in [-0.2, 0) is 0 Å². The number of hydrogen-bond donors (Lipinski definition) is 0. The van der Waals surface area contributed by atoms with Crippen LogP contribution in [0.1, 0.15) is 26.2 Å². The summed E-state index contributed by atoms with van der Waals surface area (Å²) in [5.41, 5.74) is 0. The Morgan fingerprint density at radius 1 is 1.35 bits per heavy atom. The molecule has 0 radical (unpaired) electrons. The molecule has 17 heavy (non-hydrogen) atoms. The number of rotatable bonds is 4. The largest absolute Gasteiger partial charge is 0.298 e. The van der Waals surface area contributed by atoms with E-state index in [0.29, 0.717) is 0 Å². The molecule has 2 fully saturated rings. The smallest absolute Gasteiger partial charge is 0.0545 e. The van der Waals surface area contributed by atoms with Gasteiger partial charge in [-0.15, -0.1) is 18.2 Å². The highest BCUT2D eigenvalue weighted by molar-refractivity contribution is 7.99. The third-order valence-corrected chi connectivity index (χ3v) is 4.87. The van der Waals surface area contributed by atoms with Crippen LogP contribution in [0.2, 0.25) is 0 Å². The fraction of sp³-hybridized carbons (Fsp3) is 0.857. The molecule has 2 unspecified atom stereocenters. The number of piperidine rings is 1. The number of thioether (sulfide) groups is 1. The molecule has 96 valence electrons. The highest BCUT2D eigenvalue weighted by Crippen LogP contribution is 2.23. The van der Waals surface area contributed by atoms with Crippen molar-refractivity contribution in [3.63, 3.8) is 0 Å². The lowest BCUT2D eigenvalue weighted by Gasteiger charge is -2.47. The Hall–Kier alpha value is -0.170. The van der Waals surface area contributed by atoms with Gasteiger partial charge in [-0.1, -0.05) is 12.3 Å². The summed E-state index contributed by atoms with van der Waals surface area (Å²) in [7, 11) is 0. The van der Waals surface area contributed by atoms with Crippen LogP contribution in [0.15, 0.2) is 0 Å². The summed E-state index contributed by atoms with van der Waals surface area (Å²) in [4.78, 5) is 5.37. The lowest BCUT2D eigenvalue weighted by molar-refractivity contribution is 0.0188.